The number of fused-ring (bicyclic) bond motifs is 1. The molecule has 18 heavy (non-hydrogen) atoms. The third-order valence-corrected chi connectivity index (χ3v) is 3.29. The van der Waals surface area contributed by atoms with Crippen LogP contribution in [0.2, 0.25) is 0 Å². The molecule has 0 fully saturated rings. The van der Waals surface area contributed by atoms with Gasteiger partial charge in [0.05, 0.1) is 28.2 Å². The predicted octanol–water partition coefficient (Wildman–Crippen LogP) is 1.43. The average Bonchev–Trinajstić information content (AvgIpc) is 2.60. The van der Waals surface area contributed by atoms with Crippen molar-refractivity contribution in [2.24, 2.45) is 0 Å². The number of aryl methyl sites for hydroxylation is 2. The van der Waals surface area contributed by atoms with E-state index in [0.717, 1.165) is 24.5 Å². The first kappa shape index (κ1) is 12.5. The van der Waals surface area contributed by atoms with Crippen LogP contribution < -0.4 is 10.2 Å². The van der Waals surface area contributed by atoms with Gasteiger partial charge in [-0.1, -0.05) is 0 Å². The first-order chi connectivity index (χ1) is 8.51. The molecule has 1 aliphatic rings. The molecule has 96 valence electrons. The van der Waals surface area contributed by atoms with E-state index in [1.807, 2.05) is 20.8 Å². The van der Waals surface area contributed by atoms with Crippen molar-refractivity contribution in [3.05, 3.63) is 22.5 Å². The normalized spacial score (nSPS) is 13.6. The van der Waals surface area contributed by atoms with Gasteiger partial charge in [-0.2, -0.15) is 0 Å². The number of nitrogens with zero attached hydrogens (tertiary/aromatic N) is 2. The zero-order valence-corrected chi connectivity index (χ0v) is 11.1. The number of aromatic nitrogens is 1. The van der Waals surface area contributed by atoms with E-state index in [0.29, 0.717) is 16.8 Å². The van der Waals surface area contributed by atoms with Gasteiger partial charge in [-0.05, 0) is 27.7 Å². The Bertz CT molecular complexity index is 534. The standard InChI is InChI=1S/C13H17N3O2/c1-5-16(6-2)11-8(4)14-7(3)9-10(11)13(18)15-12(9)17/h5-6H2,1-4H3,(H,15,17,18). The van der Waals surface area contributed by atoms with E-state index >= 15 is 0 Å². The lowest BCUT2D eigenvalue weighted by atomic mass is 10.0. The van der Waals surface area contributed by atoms with Gasteiger partial charge in [-0.3, -0.25) is 19.9 Å². The van der Waals surface area contributed by atoms with Crippen molar-refractivity contribution in [2.75, 3.05) is 18.0 Å². The summed E-state index contributed by atoms with van der Waals surface area (Å²) in [7, 11) is 0. The first-order valence-electron chi connectivity index (χ1n) is 6.13. The van der Waals surface area contributed by atoms with Gasteiger partial charge in [0.25, 0.3) is 11.8 Å². The number of amides is 2. The molecule has 1 aromatic heterocycles. The van der Waals surface area contributed by atoms with E-state index in [1.54, 1.807) is 6.92 Å². The number of carbonyl (C=O) groups is 2. The van der Waals surface area contributed by atoms with E-state index in [2.05, 4.69) is 15.2 Å². The van der Waals surface area contributed by atoms with Crippen molar-refractivity contribution < 1.29 is 9.59 Å². The zero-order chi connectivity index (χ0) is 13.4. The number of pyridine rings is 1. The summed E-state index contributed by atoms with van der Waals surface area (Å²) in [5, 5.41) is 2.35. The van der Waals surface area contributed by atoms with Crippen molar-refractivity contribution in [2.45, 2.75) is 27.7 Å². The summed E-state index contributed by atoms with van der Waals surface area (Å²) in [4.78, 5) is 30.2. The molecule has 0 saturated carbocycles. The van der Waals surface area contributed by atoms with Crippen molar-refractivity contribution in [3.63, 3.8) is 0 Å². The zero-order valence-electron chi connectivity index (χ0n) is 11.1. The van der Waals surface area contributed by atoms with E-state index in [4.69, 9.17) is 0 Å². The minimum absolute atomic E-state index is 0.314. The Labute approximate surface area is 106 Å². The Hall–Kier alpha value is -1.91. The monoisotopic (exact) mass is 247 g/mol. The first-order valence-corrected chi connectivity index (χ1v) is 6.13. The maximum atomic E-state index is 12.0. The molecule has 0 unspecified atom stereocenters. The van der Waals surface area contributed by atoms with Crippen LogP contribution in [0, 0.1) is 13.8 Å². The summed E-state index contributed by atoms with van der Waals surface area (Å²) >= 11 is 0. The minimum atomic E-state index is -0.339. The summed E-state index contributed by atoms with van der Waals surface area (Å²) in [6, 6.07) is 0. The van der Waals surface area contributed by atoms with E-state index in [9.17, 15) is 9.59 Å². The Kier molecular flexibility index (Phi) is 3.07. The van der Waals surface area contributed by atoms with Crippen LogP contribution in [0.1, 0.15) is 46.0 Å². The molecule has 2 amide bonds. The fraction of sp³-hybridized carbons (Fsp3) is 0.462. The second-order valence-corrected chi connectivity index (χ2v) is 4.34. The van der Waals surface area contributed by atoms with Crippen molar-refractivity contribution in [3.8, 4) is 0 Å². The molecule has 0 aliphatic carbocycles. The maximum absolute atomic E-state index is 12.0. The highest BCUT2D eigenvalue weighted by molar-refractivity contribution is 6.24. The third-order valence-electron chi connectivity index (χ3n) is 3.29. The number of anilines is 1. The molecule has 1 aromatic rings. The molecular weight excluding hydrogens is 230 g/mol. The maximum Gasteiger partial charge on any atom is 0.261 e. The average molecular weight is 247 g/mol. The van der Waals surface area contributed by atoms with E-state index in [1.165, 1.54) is 0 Å². The fourth-order valence-corrected chi connectivity index (χ4v) is 2.49. The Morgan fingerprint density at radius 3 is 2.11 bits per heavy atom. The van der Waals surface area contributed by atoms with Crippen LogP contribution in [-0.2, 0) is 0 Å². The number of imide groups is 1. The van der Waals surface area contributed by atoms with Gasteiger partial charge >= 0.3 is 0 Å². The molecule has 5 nitrogen and oxygen atoms in total. The number of nitrogens with one attached hydrogen (secondary N) is 1. The number of hydrogen-bond acceptors (Lipinski definition) is 4. The molecule has 1 N–H and O–H groups in total. The summed E-state index contributed by atoms with van der Waals surface area (Å²) in [6.07, 6.45) is 0. The lowest BCUT2D eigenvalue weighted by molar-refractivity contribution is 0.0879. The molecule has 0 bridgehead atoms. The molecule has 0 radical (unpaired) electrons. The quantitative estimate of drug-likeness (QED) is 0.821. The van der Waals surface area contributed by atoms with E-state index in [-0.39, 0.29) is 11.8 Å². The van der Waals surface area contributed by atoms with Gasteiger partial charge < -0.3 is 4.90 Å². The van der Waals surface area contributed by atoms with Crippen molar-refractivity contribution in [1.82, 2.24) is 10.3 Å². The SMILES string of the molecule is CCN(CC)c1c(C)nc(C)c2c1C(=O)NC2=O. The number of rotatable bonds is 3. The summed E-state index contributed by atoms with van der Waals surface area (Å²) < 4.78 is 0. The topological polar surface area (TPSA) is 62.3 Å². The molecule has 0 spiro atoms. The Morgan fingerprint density at radius 1 is 1.00 bits per heavy atom. The fourth-order valence-electron chi connectivity index (χ4n) is 2.49. The second-order valence-electron chi connectivity index (χ2n) is 4.34. The Morgan fingerprint density at radius 2 is 1.56 bits per heavy atom. The van der Waals surface area contributed by atoms with Crippen molar-refractivity contribution in [1.29, 1.82) is 0 Å². The molecule has 0 atom stereocenters. The number of carbonyl (C=O) groups excluding carboxylic acids is 2. The predicted molar refractivity (Wildman–Crippen MR) is 69.1 cm³/mol. The van der Waals surface area contributed by atoms with Crippen LogP contribution in [0.15, 0.2) is 0 Å². The lowest BCUT2D eigenvalue weighted by Gasteiger charge is -2.24. The highest BCUT2D eigenvalue weighted by Gasteiger charge is 2.34. The van der Waals surface area contributed by atoms with Crippen LogP contribution >= 0.6 is 0 Å². The Balaban J connectivity index is 2.75. The molecule has 2 heterocycles. The minimum Gasteiger partial charge on any atom is -0.370 e. The van der Waals surface area contributed by atoms with E-state index < -0.39 is 0 Å². The van der Waals surface area contributed by atoms with Gasteiger partial charge in [0.2, 0.25) is 0 Å². The summed E-state index contributed by atoms with van der Waals surface area (Å²) in [5.74, 6) is -0.654. The van der Waals surface area contributed by atoms with Crippen LogP contribution in [0.3, 0.4) is 0 Å². The third kappa shape index (κ3) is 1.66. The van der Waals surface area contributed by atoms with Crippen molar-refractivity contribution >= 4 is 17.5 Å². The van der Waals surface area contributed by atoms with Gasteiger partial charge in [0.15, 0.2) is 0 Å². The molecule has 0 aromatic carbocycles. The number of hydrogen-bond donors (Lipinski definition) is 1. The van der Waals surface area contributed by atoms with Crippen LogP contribution in [-0.4, -0.2) is 29.9 Å². The second kappa shape index (κ2) is 4.40. The largest absolute Gasteiger partial charge is 0.370 e. The van der Waals surface area contributed by atoms with Gasteiger partial charge in [-0.25, -0.2) is 0 Å². The van der Waals surface area contributed by atoms with Crippen LogP contribution in [0.4, 0.5) is 5.69 Å². The molecule has 1 aliphatic heterocycles. The molecular formula is C13H17N3O2. The smallest absolute Gasteiger partial charge is 0.261 e. The molecule has 5 heteroatoms. The van der Waals surface area contributed by atoms with Gasteiger partial charge in [0.1, 0.15) is 0 Å². The highest BCUT2D eigenvalue weighted by Crippen LogP contribution is 2.31. The summed E-state index contributed by atoms with van der Waals surface area (Å²) in [6.45, 7) is 9.22. The van der Waals surface area contributed by atoms with Crippen LogP contribution in [0.5, 0.6) is 0 Å². The summed E-state index contributed by atoms with van der Waals surface area (Å²) in [5.41, 5.74) is 3.09. The lowest BCUT2D eigenvalue weighted by Crippen LogP contribution is -2.26. The highest BCUT2D eigenvalue weighted by atomic mass is 16.2. The van der Waals surface area contributed by atoms with Gasteiger partial charge in [0, 0.05) is 13.1 Å². The van der Waals surface area contributed by atoms with Gasteiger partial charge in [-0.15, -0.1) is 0 Å². The molecule has 2 rings (SSSR count). The van der Waals surface area contributed by atoms with Crippen LogP contribution in [0.25, 0.3) is 0 Å². The molecule has 0 saturated heterocycles.